The number of carbonyl (C=O) groups excluding carboxylic acids is 1. The number of ether oxygens (including phenoxy) is 4. The van der Waals surface area contributed by atoms with Crippen LogP contribution in [0.3, 0.4) is 0 Å². The molecule has 8 heteroatoms. The number of hydrogen-bond donors (Lipinski definition) is 0. The van der Waals surface area contributed by atoms with Gasteiger partial charge in [0.1, 0.15) is 12.2 Å². The fraction of sp³-hybridized carbons (Fsp3) is 0.500. The van der Waals surface area contributed by atoms with Crippen molar-refractivity contribution in [1.29, 1.82) is 0 Å². The highest BCUT2D eigenvalue weighted by molar-refractivity contribution is 7.15. The van der Waals surface area contributed by atoms with E-state index in [0.29, 0.717) is 24.5 Å². The van der Waals surface area contributed by atoms with Gasteiger partial charge in [-0.15, -0.1) is 11.3 Å². The van der Waals surface area contributed by atoms with Crippen LogP contribution in [0.2, 0.25) is 0 Å². The van der Waals surface area contributed by atoms with Crippen LogP contribution in [0.15, 0.2) is 24.4 Å². The summed E-state index contributed by atoms with van der Waals surface area (Å²) in [7, 11) is 1.37. The molecular formula is C20H24N2O5S. The Morgan fingerprint density at radius 3 is 3.00 bits per heavy atom. The third-order valence-corrected chi connectivity index (χ3v) is 5.78. The van der Waals surface area contributed by atoms with E-state index in [9.17, 15) is 4.79 Å². The van der Waals surface area contributed by atoms with Gasteiger partial charge in [0.2, 0.25) is 0 Å². The van der Waals surface area contributed by atoms with E-state index < -0.39 is 5.97 Å². The Labute approximate surface area is 168 Å². The van der Waals surface area contributed by atoms with E-state index in [4.69, 9.17) is 18.9 Å². The highest BCUT2D eigenvalue weighted by Crippen LogP contribution is 2.42. The first-order valence-corrected chi connectivity index (χ1v) is 10.3. The van der Waals surface area contributed by atoms with Gasteiger partial charge in [0.25, 0.3) is 0 Å². The Morgan fingerprint density at radius 1 is 1.39 bits per heavy atom. The fourth-order valence-electron chi connectivity index (χ4n) is 3.48. The average Bonchev–Trinajstić information content (AvgIpc) is 3.17. The summed E-state index contributed by atoms with van der Waals surface area (Å²) < 4.78 is 22.6. The maximum absolute atomic E-state index is 12.2. The number of methoxy groups -OCH3 is 1. The lowest BCUT2D eigenvalue weighted by Crippen LogP contribution is -2.44. The van der Waals surface area contributed by atoms with Gasteiger partial charge in [-0.25, -0.2) is 9.78 Å². The van der Waals surface area contributed by atoms with Crippen LogP contribution in [-0.2, 0) is 14.2 Å². The molecule has 150 valence electrons. The van der Waals surface area contributed by atoms with E-state index in [2.05, 4.69) is 9.88 Å². The molecule has 1 aromatic heterocycles. The average molecular weight is 404 g/mol. The number of rotatable bonds is 5. The summed E-state index contributed by atoms with van der Waals surface area (Å²) in [5.41, 5.74) is 1.20. The number of thiazole rings is 1. The Hall–Kier alpha value is -2.16. The zero-order valence-corrected chi connectivity index (χ0v) is 16.9. The van der Waals surface area contributed by atoms with Crippen molar-refractivity contribution in [1.82, 2.24) is 4.98 Å². The predicted molar refractivity (Wildman–Crippen MR) is 106 cm³/mol. The minimum Gasteiger partial charge on any atom is -0.488 e. The summed E-state index contributed by atoms with van der Waals surface area (Å²) in [5.74, 6) is 0.102. The van der Waals surface area contributed by atoms with Crippen molar-refractivity contribution in [2.24, 2.45) is 0 Å². The molecule has 2 aliphatic rings. The molecule has 7 nitrogen and oxygen atoms in total. The van der Waals surface area contributed by atoms with Gasteiger partial charge in [-0.2, -0.15) is 0 Å². The smallest absolute Gasteiger partial charge is 0.341 e. The predicted octanol–water partition coefficient (Wildman–Crippen LogP) is 3.68. The molecule has 1 fully saturated rings. The largest absolute Gasteiger partial charge is 0.488 e. The summed E-state index contributed by atoms with van der Waals surface area (Å²) in [6, 6.07) is 5.40. The van der Waals surface area contributed by atoms with Gasteiger partial charge in [0.15, 0.2) is 17.2 Å². The molecule has 0 N–H and O–H groups in total. The zero-order chi connectivity index (χ0) is 19.5. The Morgan fingerprint density at radius 2 is 2.29 bits per heavy atom. The molecule has 0 spiro atoms. The first kappa shape index (κ1) is 19.2. The number of aryl methyl sites for hydroxylation is 1. The molecule has 3 heterocycles. The van der Waals surface area contributed by atoms with Crippen LogP contribution in [0.25, 0.3) is 0 Å². The maximum atomic E-state index is 12.2. The Bertz CT molecular complexity index is 834. The number of fused-ring (bicyclic) bond motifs is 1. The number of esters is 1. The van der Waals surface area contributed by atoms with E-state index in [1.807, 2.05) is 25.3 Å². The van der Waals surface area contributed by atoms with Crippen LogP contribution >= 0.6 is 11.3 Å². The quantitative estimate of drug-likeness (QED) is 0.704. The molecule has 2 atom stereocenters. The fourth-order valence-corrected chi connectivity index (χ4v) is 4.33. The molecule has 0 amide bonds. The molecule has 4 rings (SSSR count). The lowest BCUT2D eigenvalue weighted by atomic mass is 10.1. The number of anilines is 2. The molecule has 1 unspecified atom stereocenters. The standard InChI is InChI=1S/C20H24N2O5S/c1-13-10-21-20(28-13)22-14(11-26-17-8-3-4-9-25-17)12-27-18-15(19(23)24-2)6-5-7-16(18)22/h5-7,10,14,17H,3-4,8-9,11-12H2,1-2H3/t14?,17-/m0/s1. The molecule has 0 radical (unpaired) electrons. The second-order valence-electron chi connectivity index (χ2n) is 6.86. The molecule has 1 aromatic carbocycles. The highest BCUT2D eigenvalue weighted by Gasteiger charge is 2.34. The number of benzene rings is 1. The van der Waals surface area contributed by atoms with Gasteiger partial charge in [-0.3, -0.25) is 0 Å². The topological polar surface area (TPSA) is 70.1 Å². The first-order chi connectivity index (χ1) is 13.7. The van der Waals surface area contributed by atoms with Crippen molar-refractivity contribution in [2.75, 3.05) is 31.8 Å². The van der Waals surface area contributed by atoms with E-state index >= 15 is 0 Å². The summed E-state index contributed by atoms with van der Waals surface area (Å²) in [4.78, 5) is 20.0. The van der Waals surface area contributed by atoms with E-state index in [1.54, 1.807) is 17.4 Å². The Balaban J connectivity index is 1.64. The van der Waals surface area contributed by atoms with Gasteiger partial charge >= 0.3 is 5.97 Å². The van der Waals surface area contributed by atoms with E-state index in [0.717, 1.165) is 41.6 Å². The van der Waals surface area contributed by atoms with E-state index in [1.165, 1.54) is 7.11 Å². The second kappa shape index (κ2) is 8.46. The van der Waals surface area contributed by atoms with E-state index in [-0.39, 0.29) is 12.3 Å². The monoisotopic (exact) mass is 404 g/mol. The molecule has 28 heavy (non-hydrogen) atoms. The first-order valence-electron chi connectivity index (χ1n) is 9.46. The SMILES string of the molecule is COC(=O)c1cccc2c1OCC(CO[C@H]1CCCCO1)N2c1ncc(C)s1. The molecule has 1 saturated heterocycles. The van der Waals surface area contributed by atoms with Crippen molar-refractivity contribution in [3.05, 3.63) is 34.8 Å². The van der Waals surface area contributed by atoms with Crippen molar-refractivity contribution >= 4 is 28.1 Å². The number of hydrogen-bond acceptors (Lipinski definition) is 8. The summed E-state index contributed by atoms with van der Waals surface area (Å²) in [5, 5.41) is 0.849. The minimum atomic E-state index is -0.419. The number of aromatic nitrogens is 1. The van der Waals surface area contributed by atoms with Crippen molar-refractivity contribution in [3.8, 4) is 5.75 Å². The molecule has 0 saturated carbocycles. The maximum Gasteiger partial charge on any atom is 0.341 e. The molecule has 0 aliphatic carbocycles. The van der Waals surface area contributed by atoms with Crippen LogP contribution in [0, 0.1) is 6.92 Å². The summed E-state index contributed by atoms with van der Waals surface area (Å²) in [6.07, 6.45) is 4.79. The minimum absolute atomic E-state index is 0.0727. The lowest BCUT2D eigenvalue weighted by Gasteiger charge is -2.38. The van der Waals surface area contributed by atoms with Crippen molar-refractivity contribution < 1.29 is 23.7 Å². The van der Waals surface area contributed by atoms with Crippen LogP contribution < -0.4 is 9.64 Å². The van der Waals surface area contributed by atoms with Gasteiger partial charge in [-0.1, -0.05) is 6.07 Å². The lowest BCUT2D eigenvalue weighted by molar-refractivity contribution is -0.165. The summed E-state index contributed by atoms with van der Waals surface area (Å²) >= 11 is 1.60. The third-order valence-electron chi connectivity index (χ3n) is 4.87. The third kappa shape index (κ3) is 3.85. The molecule has 0 bridgehead atoms. The molecular weight excluding hydrogens is 380 g/mol. The van der Waals surface area contributed by atoms with Crippen LogP contribution in [-0.4, -0.2) is 50.2 Å². The van der Waals surface area contributed by atoms with Gasteiger partial charge < -0.3 is 23.8 Å². The van der Waals surface area contributed by atoms with Crippen molar-refractivity contribution in [3.63, 3.8) is 0 Å². The zero-order valence-electron chi connectivity index (χ0n) is 16.1. The van der Waals surface area contributed by atoms with Gasteiger partial charge in [0.05, 0.1) is 25.4 Å². The van der Waals surface area contributed by atoms with Crippen LogP contribution in [0.5, 0.6) is 5.75 Å². The van der Waals surface area contributed by atoms with Crippen LogP contribution in [0.4, 0.5) is 10.8 Å². The number of carbonyl (C=O) groups is 1. The normalized spacial score (nSPS) is 21.7. The number of para-hydroxylation sites is 1. The summed E-state index contributed by atoms with van der Waals surface area (Å²) in [6.45, 7) is 3.60. The van der Waals surface area contributed by atoms with Crippen molar-refractivity contribution in [2.45, 2.75) is 38.5 Å². The van der Waals surface area contributed by atoms with Crippen LogP contribution in [0.1, 0.15) is 34.5 Å². The Kier molecular flexibility index (Phi) is 5.79. The molecule has 2 aromatic rings. The highest BCUT2D eigenvalue weighted by atomic mass is 32.1. The molecule has 2 aliphatic heterocycles. The van der Waals surface area contributed by atoms with Gasteiger partial charge in [-0.05, 0) is 38.3 Å². The number of nitrogens with zero attached hydrogens (tertiary/aromatic N) is 2. The second-order valence-corrected chi connectivity index (χ2v) is 8.08. The van der Waals surface area contributed by atoms with Gasteiger partial charge in [0, 0.05) is 17.7 Å².